The van der Waals surface area contributed by atoms with Crippen LogP contribution in [0.1, 0.15) is 17.5 Å². The number of nitrogens with one attached hydrogen (secondary N) is 1. The van der Waals surface area contributed by atoms with Crippen molar-refractivity contribution < 1.29 is 9.53 Å². The number of ether oxygens (including phenoxy) is 1. The molecular formula is C13H18N2O2S. The van der Waals surface area contributed by atoms with E-state index in [0.29, 0.717) is 6.61 Å². The second kappa shape index (κ2) is 6.96. The van der Waals surface area contributed by atoms with Crippen molar-refractivity contribution in [1.29, 1.82) is 0 Å². The Morgan fingerprint density at radius 2 is 2.17 bits per heavy atom. The molecule has 0 aliphatic heterocycles. The summed E-state index contributed by atoms with van der Waals surface area (Å²) in [6.45, 7) is 4.55. The van der Waals surface area contributed by atoms with Crippen LogP contribution in [0.3, 0.4) is 0 Å². The highest BCUT2D eigenvalue weighted by Crippen LogP contribution is 2.19. The van der Waals surface area contributed by atoms with Gasteiger partial charge in [0.25, 0.3) is 0 Å². The van der Waals surface area contributed by atoms with Crippen molar-refractivity contribution in [1.82, 2.24) is 5.32 Å². The second-order valence-electron chi connectivity index (χ2n) is 4.11. The minimum absolute atomic E-state index is 0.117. The molecule has 0 heterocycles. The third-order valence-electron chi connectivity index (χ3n) is 2.39. The lowest BCUT2D eigenvalue weighted by Crippen LogP contribution is -2.32. The molecule has 4 nitrogen and oxygen atoms in total. The smallest absolute Gasteiger partial charge is 0.223 e. The molecule has 1 aromatic carbocycles. The summed E-state index contributed by atoms with van der Waals surface area (Å²) in [6.07, 6.45) is 0.288. The normalized spacial score (nSPS) is 9.89. The number of hydrogen-bond acceptors (Lipinski definition) is 3. The van der Waals surface area contributed by atoms with Crippen LogP contribution in [0, 0.1) is 13.8 Å². The Hall–Kier alpha value is -1.62. The molecular weight excluding hydrogens is 248 g/mol. The van der Waals surface area contributed by atoms with E-state index in [1.54, 1.807) is 0 Å². The van der Waals surface area contributed by atoms with Gasteiger partial charge in [-0.05, 0) is 31.0 Å². The molecule has 0 atom stereocenters. The average Bonchev–Trinajstić information content (AvgIpc) is 2.31. The van der Waals surface area contributed by atoms with Crippen molar-refractivity contribution >= 4 is 23.1 Å². The largest absolute Gasteiger partial charge is 0.493 e. The van der Waals surface area contributed by atoms with Crippen molar-refractivity contribution in [2.75, 3.05) is 13.2 Å². The highest BCUT2D eigenvalue weighted by atomic mass is 32.1. The van der Waals surface area contributed by atoms with Gasteiger partial charge in [-0.25, -0.2) is 0 Å². The zero-order chi connectivity index (χ0) is 13.5. The van der Waals surface area contributed by atoms with E-state index in [9.17, 15) is 4.79 Å². The fraction of sp³-hybridized carbons (Fsp3) is 0.385. The van der Waals surface area contributed by atoms with Crippen LogP contribution < -0.4 is 15.8 Å². The van der Waals surface area contributed by atoms with Crippen LogP contribution in [0.25, 0.3) is 0 Å². The zero-order valence-electron chi connectivity index (χ0n) is 10.7. The maximum absolute atomic E-state index is 11.4. The lowest BCUT2D eigenvalue weighted by molar-refractivity contribution is -0.121. The van der Waals surface area contributed by atoms with Gasteiger partial charge in [0.05, 0.1) is 24.6 Å². The van der Waals surface area contributed by atoms with E-state index >= 15 is 0 Å². The molecule has 0 aliphatic carbocycles. The minimum atomic E-state index is -0.117. The Labute approximate surface area is 113 Å². The van der Waals surface area contributed by atoms with Crippen molar-refractivity contribution in [2.24, 2.45) is 5.73 Å². The molecule has 0 unspecified atom stereocenters. The topological polar surface area (TPSA) is 64.3 Å². The van der Waals surface area contributed by atoms with Crippen LogP contribution in [0.4, 0.5) is 0 Å². The molecule has 0 aliphatic rings. The SMILES string of the molecule is Cc1ccc(C)c(OCCC(=O)NCC(N)=S)c1. The quantitative estimate of drug-likeness (QED) is 0.765. The summed E-state index contributed by atoms with van der Waals surface area (Å²) in [6, 6.07) is 5.98. The molecule has 0 saturated carbocycles. The first-order valence-electron chi connectivity index (χ1n) is 5.74. The van der Waals surface area contributed by atoms with Crippen LogP contribution in [0.2, 0.25) is 0 Å². The molecule has 0 aromatic heterocycles. The summed E-state index contributed by atoms with van der Waals surface area (Å²) in [4.78, 5) is 11.7. The fourth-order valence-corrected chi connectivity index (χ4v) is 1.46. The van der Waals surface area contributed by atoms with Gasteiger partial charge in [-0.1, -0.05) is 24.4 Å². The number of carbonyl (C=O) groups excluding carboxylic acids is 1. The summed E-state index contributed by atoms with van der Waals surface area (Å²) < 4.78 is 5.57. The predicted octanol–water partition coefficient (Wildman–Crippen LogP) is 1.47. The number of amides is 1. The molecule has 1 aromatic rings. The minimum Gasteiger partial charge on any atom is -0.493 e. The Bertz CT molecular complexity index is 447. The van der Waals surface area contributed by atoms with Gasteiger partial charge in [-0.3, -0.25) is 4.79 Å². The molecule has 0 radical (unpaired) electrons. The third-order valence-corrected chi connectivity index (χ3v) is 2.53. The van der Waals surface area contributed by atoms with Crippen LogP contribution >= 0.6 is 12.2 Å². The number of carbonyl (C=O) groups is 1. The molecule has 0 fully saturated rings. The third kappa shape index (κ3) is 5.14. The summed E-state index contributed by atoms with van der Waals surface area (Å²) in [7, 11) is 0. The van der Waals surface area contributed by atoms with E-state index < -0.39 is 0 Å². The fourth-order valence-electron chi connectivity index (χ4n) is 1.39. The molecule has 0 spiro atoms. The van der Waals surface area contributed by atoms with Crippen LogP contribution in [0.5, 0.6) is 5.75 Å². The van der Waals surface area contributed by atoms with Crippen LogP contribution in [-0.2, 0) is 4.79 Å². The van der Waals surface area contributed by atoms with E-state index in [-0.39, 0.29) is 23.9 Å². The average molecular weight is 266 g/mol. The van der Waals surface area contributed by atoms with Crippen molar-refractivity contribution in [3.63, 3.8) is 0 Å². The molecule has 18 heavy (non-hydrogen) atoms. The van der Waals surface area contributed by atoms with Crippen LogP contribution in [0.15, 0.2) is 18.2 Å². The number of nitrogens with two attached hydrogens (primary N) is 1. The summed E-state index contributed by atoms with van der Waals surface area (Å²) in [5.41, 5.74) is 7.47. The maximum atomic E-state index is 11.4. The van der Waals surface area contributed by atoms with E-state index in [2.05, 4.69) is 17.5 Å². The molecule has 5 heteroatoms. The maximum Gasteiger partial charge on any atom is 0.223 e. The van der Waals surface area contributed by atoms with E-state index in [1.165, 1.54) is 0 Å². The Morgan fingerprint density at radius 3 is 2.83 bits per heavy atom. The lowest BCUT2D eigenvalue weighted by atomic mass is 10.1. The van der Waals surface area contributed by atoms with Crippen molar-refractivity contribution in [3.05, 3.63) is 29.3 Å². The predicted molar refractivity (Wildman–Crippen MR) is 75.8 cm³/mol. The first-order chi connectivity index (χ1) is 8.49. The number of thiocarbonyl (C=S) groups is 1. The molecule has 98 valence electrons. The Balaban J connectivity index is 2.35. The van der Waals surface area contributed by atoms with E-state index in [1.807, 2.05) is 32.0 Å². The lowest BCUT2D eigenvalue weighted by Gasteiger charge is -2.10. The second-order valence-corrected chi connectivity index (χ2v) is 4.63. The molecule has 1 rings (SSSR count). The van der Waals surface area contributed by atoms with Gasteiger partial charge in [-0.2, -0.15) is 0 Å². The summed E-state index contributed by atoms with van der Waals surface area (Å²) >= 11 is 4.67. The van der Waals surface area contributed by atoms with Gasteiger partial charge in [0, 0.05) is 0 Å². The molecule has 3 N–H and O–H groups in total. The highest BCUT2D eigenvalue weighted by molar-refractivity contribution is 7.80. The Kier molecular flexibility index (Phi) is 5.58. The van der Waals surface area contributed by atoms with Gasteiger partial charge in [0.15, 0.2) is 0 Å². The van der Waals surface area contributed by atoms with Crippen molar-refractivity contribution in [3.8, 4) is 5.75 Å². The summed E-state index contributed by atoms with van der Waals surface area (Å²) in [5, 5.41) is 2.61. The van der Waals surface area contributed by atoms with E-state index in [4.69, 9.17) is 10.5 Å². The Morgan fingerprint density at radius 1 is 1.44 bits per heavy atom. The number of benzene rings is 1. The molecule has 0 bridgehead atoms. The van der Waals surface area contributed by atoms with Gasteiger partial charge in [-0.15, -0.1) is 0 Å². The van der Waals surface area contributed by atoms with Gasteiger partial charge in [0.2, 0.25) is 5.91 Å². The van der Waals surface area contributed by atoms with Gasteiger partial charge >= 0.3 is 0 Å². The standard InChI is InChI=1S/C13H18N2O2S/c1-9-3-4-10(2)11(7-9)17-6-5-13(16)15-8-12(14)18/h3-4,7H,5-6,8H2,1-2H3,(H2,14,18)(H,15,16). The van der Waals surface area contributed by atoms with Gasteiger partial charge < -0.3 is 15.8 Å². The zero-order valence-corrected chi connectivity index (χ0v) is 11.5. The van der Waals surface area contributed by atoms with Gasteiger partial charge in [0.1, 0.15) is 5.75 Å². The number of hydrogen-bond donors (Lipinski definition) is 2. The van der Waals surface area contributed by atoms with Crippen LogP contribution in [-0.4, -0.2) is 24.0 Å². The number of aryl methyl sites for hydroxylation is 2. The summed E-state index contributed by atoms with van der Waals surface area (Å²) in [5.74, 6) is 0.699. The van der Waals surface area contributed by atoms with Crippen molar-refractivity contribution in [2.45, 2.75) is 20.3 Å². The van der Waals surface area contributed by atoms with E-state index in [0.717, 1.165) is 16.9 Å². The molecule has 1 amide bonds. The first kappa shape index (κ1) is 14.4. The monoisotopic (exact) mass is 266 g/mol. The highest BCUT2D eigenvalue weighted by Gasteiger charge is 2.04. The molecule has 0 saturated heterocycles. The number of rotatable bonds is 6. The first-order valence-corrected chi connectivity index (χ1v) is 6.15.